The molecule has 0 bridgehead atoms. The summed E-state index contributed by atoms with van der Waals surface area (Å²) in [5, 5.41) is 0. The summed E-state index contributed by atoms with van der Waals surface area (Å²) in [4.78, 5) is 14.0. The molecule has 1 aliphatic heterocycles. The van der Waals surface area contributed by atoms with E-state index in [2.05, 4.69) is 0 Å². The minimum atomic E-state index is -0.998. The number of carbonyl (C=O) groups is 1. The van der Waals surface area contributed by atoms with Crippen molar-refractivity contribution in [3.8, 4) is 0 Å². The molecule has 3 rings (SSSR count). The van der Waals surface area contributed by atoms with Crippen LogP contribution in [0, 0.1) is 11.6 Å². The molecular formula is C19H19F2NO2. The highest BCUT2D eigenvalue weighted by molar-refractivity contribution is 5.94. The predicted molar refractivity (Wildman–Crippen MR) is 86.5 cm³/mol. The Labute approximate surface area is 139 Å². The largest absolute Gasteiger partial charge is 0.373 e. The lowest BCUT2D eigenvalue weighted by Crippen LogP contribution is -2.40. The summed E-state index contributed by atoms with van der Waals surface area (Å²) in [5.74, 6) is -2.21. The first-order chi connectivity index (χ1) is 11.6. The molecule has 0 aromatic heterocycles. The minimum Gasteiger partial charge on any atom is -0.373 e. The van der Waals surface area contributed by atoms with E-state index in [-0.39, 0.29) is 17.6 Å². The zero-order valence-corrected chi connectivity index (χ0v) is 13.3. The summed E-state index contributed by atoms with van der Waals surface area (Å²) < 4.78 is 32.1. The van der Waals surface area contributed by atoms with Crippen LogP contribution in [0.25, 0.3) is 0 Å². The molecular weight excluding hydrogens is 312 g/mol. The Bertz CT molecular complexity index is 698. The molecule has 3 nitrogen and oxygen atoms in total. The fourth-order valence-electron chi connectivity index (χ4n) is 2.83. The van der Waals surface area contributed by atoms with E-state index in [1.54, 1.807) is 4.90 Å². The van der Waals surface area contributed by atoms with Crippen LogP contribution in [0.3, 0.4) is 0 Å². The van der Waals surface area contributed by atoms with E-state index in [9.17, 15) is 13.6 Å². The molecule has 24 heavy (non-hydrogen) atoms. The molecule has 0 spiro atoms. The lowest BCUT2D eigenvalue weighted by Gasteiger charge is -2.32. The van der Waals surface area contributed by atoms with Gasteiger partial charge >= 0.3 is 0 Å². The first kappa shape index (κ1) is 16.6. The Hall–Kier alpha value is -2.27. The van der Waals surface area contributed by atoms with Crippen LogP contribution in [-0.2, 0) is 11.3 Å². The van der Waals surface area contributed by atoms with Crippen molar-refractivity contribution in [3.63, 3.8) is 0 Å². The highest BCUT2D eigenvalue weighted by Gasteiger charge is 2.24. The molecule has 5 heteroatoms. The second kappa shape index (κ2) is 7.53. The number of rotatable bonds is 4. The van der Waals surface area contributed by atoms with Gasteiger partial charge in [-0.25, -0.2) is 8.78 Å². The maximum absolute atomic E-state index is 13.3. The van der Waals surface area contributed by atoms with Gasteiger partial charge in [0.05, 0.1) is 12.7 Å². The standard InChI is InChI=1S/C19H19F2NO2/c20-17-7-6-15(12-18(17)21)19(23)22-10-8-16(9-11-22)24-13-14-4-2-1-3-5-14/h1-7,12,16H,8-11,13H2. The van der Waals surface area contributed by atoms with Crippen molar-refractivity contribution in [1.82, 2.24) is 4.90 Å². The zero-order chi connectivity index (χ0) is 16.9. The molecule has 0 unspecified atom stereocenters. The Morgan fingerprint density at radius 3 is 2.42 bits per heavy atom. The molecule has 0 atom stereocenters. The lowest BCUT2D eigenvalue weighted by atomic mass is 10.1. The van der Waals surface area contributed by atoms with Crippen LogP contribution >= 0.6 is 0 Å². The van der Waals surface area contributed by atoms with Crippen molar-refractivity contribution in [2.45, 2.75) is 25.6 Å². The molecule has 2 aromatic carbocycles. The second-order valence-corrected chi connectivity index (χ2v) is 5.92. The van der Waals surface area contributed by atoms with Gasteiger partial charge in [-0.15, -0.1) is 0 Å². The SMILES string of the molecule is O=C(c1ccc(F)c(F)c1)N1CCC(OCc2ccccc2)CC1. The average molecular weight is 331 g/mol. The summed E-state index contributed by atoms with van der Waals surface area (Å²) in [7, 11) is 0. The van der Waals surface area contributed by atoms with Crippen molar-refractivity contribution in [3.05, 3.63) is 71.3 Å². The van der Waals surface area contributed by atoms with E-state index in [0.717, 1.165) is 30.5 Å². The van der Waals surface area contributed by atoms with Crippen molar-refractivity contribution in [1.29, 1.82) is 0 Å². The van der Waals surface area contributed by atoms with E-state index in [1.165, 1.54) is 6.07 Å². The number of benzene rings is 2. The van der Waals surface area contributed by atoms with Gasteiger partial charge in [0, 0.05) is 18.7 Å². The summed E-state index contributed by atoms with van der Waals surface area (Å²) >= 11 is 0. The second-order valence-electron chi connectivity index (χ2n) is 5.92. The normalized spacial score (nSPS) is 15.5. The molecule has 1 fully saturated rings. The third kappa shape index (κ3) is 3.97. The third-order valence-corrected chi connectivity index (χ3v) is 4.22. The molecule has 1 saturated heterocycles. The Kier molecular flexibility index (Phi) is 5.20. The zero-order valence-electron chi connectivity index (χ0n) is 13.3. The van der Waals surface area contributed by atoms with Gasteiger partial charge in [0.2, 0.25) is 0 Å². The molecule has 0 aliphatic carbocycles. The van der Waals surface area contributed by atoms with E-state index in [1.807, 2.05) is 30.3 Å². The van der Waals surface area contributed by atoms with E-state index >= 15 is 0 Å². The number of ether oxygens (including phenoxy) is 1. The summed E-state index contributed by atoms with van der Waals surface area (Å²) in [5.41, 5.74) is 1.30. The number of amides is 1. The topological polar surface area (TPSA) is 29.5 Å². The minimum absolute atomic E-state index is 0.110. The van der Waals surface area contributed by atoms with Crippen molar-refractivity contribution < 1.29 is 18.3 Å². The molecule has 0 radical (unpaired) electrons. The number of halogens is 2. The number of carbonyl (C=O) groups excluding carboxylic acids is 1. The predicted octanol–water partition coefficient (Wildman–Crippen LogP) is 3.79. The molecule has 0 N–H and O–H groups in total. The van der Waals surface area contributed by atoms with Crippen molar-refractivity contribution in [2.75, 3.05) is 13.1 Å². The Morgan fingerprint density at radius 1 is 1.04 bits per heavy atom. The van der Waals surface area contributed by atoms with Crippen LogP contribution in [0.5, 0.6) is 0 Å². The number of piperidine rings is 1. The average Bonchev–Trinajstić information content (AvgIpc) is 2.63. The number of hydrogen-bond donors (Lipinski definition) is 0. The summed E-state index contributed by atoms with van der Waals surface area (Å²) in [6.45, 7) is 1.66. The number of nitrogens with zero attached hydrogens (tertiary/aromatic N) is 1. The van der Waals surface area contributed by atoms with Crippen LogP contribution in [0.1, 0.15) is 28.8 Å². The molecule has 1 amide bonds. The molecule has 0 saturated carbocycles. The summed E-state index contributed by atoms with van der Waals surface area (Å²) in [6, 6.07) is 13.2. The fourth-order valence-corrected chi connectivity index (χ4v) is 2.83. The van der Waals surface area contributed by atoms with E-state index in [4.69, 9.17) is 4.74 Å². The van der Waals surface area contributed by atoms with Gasteiger partial charge in [-0.1, -0.05) is 30.3 Å². The van der Waals surface area contributed by atoms with Crippen LogP contribution in [0.4, 0.5) is 8.78 Å². The van der Waals surface area contributed by atoms with Crippen LogP contribution in [0.15, 0.2) is 48.5 Å². The van der Waals surface area contributed by atoms with Crippen molar-refractivity contribution in [2.24, 2.45) is 0 Å². The molecule has 126 valence electrons. The number of hydrogen-bond acceptors (Lipinski definition) is 2. The highest BCUT2D eigenvalue weighted by atomic mass is 19.2. The Balaban J connectivity index is 1.51. The van der Waals surface area contributed by atoms with Crippen LogP contribution < -0.4 is 0 Å². The molecule has 1 heterocycles. The molecule has 2 aromatic rings. The smallest absolute Gasteiger partial charge is 0.253 e. The first-order valence-electron chi connectivity index (χ1n) is 8.03. The Morgan fingerprint density at radius 2 is 1.75 bits per heavy atom. The maximum Gasteiger partial charge on any atom is 0.253 e. The summed E-state index contributed by atoms with van der Waals surface area (Å²) in [6.07, 6.45) is 1.59. The maximum atomic E-state index is 13.3. The van der Waals surface area contributed by atoms with Gasteiger partial charge in [0.25, 0.3) is 5.91 Å². The number of likely N-dealkylation sites (tertiary alicyclic amines) is 1. The molecule has 1 aliphatic rings. The quantitative estimate of drug-likeness (QED) is 0.853. The first-order valence-corrected chi connectivity index (χ1v) is 8.03. The van der Waals surface area contributed by atoms with Crippen LogP contribution in [-0.4, -0.2) is 30.0 Å². The van der Waals surface area contributed by atoms with E-state index < -0.39 is 11.6 Å². The van der Waals surface area contributed by atoms with Gasteiger partial charge in [0.15, 0.2) is 11.6 Å². The van der Waals surface area contributed by atoms with Gasteiger partial charge in [-0.2, -0.15) is 0 Å². The monoisotopic (exact) mass is 331 g/mol. The van der Waals surface area contributed by atoms with Gasteiger partial charge in [-0.05, 0) is 36.6 Å². The van der Waals surface area contributed by atoms with Crippen LogP contribution in [0.2, 0.25) is 0 Å². The highest BCUT2D eigenvalue weighted by Crippen LogP contribution is 2.18. The van der Waals surface area contributed by atoms with Gasteiger partial charge < -0.3 is 9.64 Å². The van der Waals surface area contributed by atoms with E-state index in [0.29, 0.717) is 19.7 Å². The third-order valence-electron chi connectivity index (χ3n) is 4.22. The van der Waals surface area contributed by atoms with Gasteiger partial charge in [0.1, 0.15) is 0 Å². The lowest BCUT2D eigenvalue weighted by molar-refractivity contribution is -0.000391. The van der Waals surface area contributed by atoms with Gasteiger partial charge in [-0.3, -0.25) is 4.79 Å². The fraction of sp³-hybridized carbons (Fsp3) is 0.316. The van der Waals surface area contributed by atoms with Crippen molar-refractivity contribution >= 4 is 5.91 Å².